The van der Waals surface area contributed by atoms with Crippen LogP contribution in [0.15, 0.2) is 23.3 Å². The van der Waals surface area contributed by atoms with E-state index < -0.39 is 5.79 Å². The van der Waals surface area contributed by atoms with Gasteiger partial charge in [-0.3, -0.25) is 0 Å². The standard InChI is InChI=1S/C13H24O2/c1-11(2)7-9-14-13(5,6)15-10-8-12(3)4/h7-8H,9-10H2,1-6H3. The molecule has 0 spiro atoms. The van der Waals surface area contributed by atoms with Gasteiger partial charge in [-0.15, -0.1) is 0 Å². The van der Waals surface area contributed by atoms with Gasteiger partial charge in [0.25, 0.3) is 0 Å². The third kappa shape index (κ3) is 9.70. The van der Waals surface area contributed by atoms with Crippen molar-refractivity contribution in [3.8, 4) is 0 Å². The van der Waals surface area contributed by atoms with Crippen LogP contribution in [0.5, 0.6) is 0 Å². The van der Waals surface area contributed by atoms with Crippen LogP contribution in [0.1, 0.15) is 41.5 Å². The van der Waals surface area contributed by atoms with E-state index in [1.54, 1.807) is 0 Å². The monoisotopic (exact) mass is 212 g/mol. The zero-order chi connectivity index (χ0) is 11.9. The lowest BCUT2D eigenvalue weighted by Crippen LogP contribution is -2.28. The van der Waals surface area contributed by atoms with Gasteiger partial charge in [-0.1, -0.05) is 23.3 Å². The van der Waals surface area contributed by atoms with Gasteiger partial charge >= 0.3 is 0 Å². The highest BCUT2D eigenvalue weighted by Gasteiger charge is 2.16. The maximum Gasteiger partial charge on any atom is 0.163 e. The van der Waals surface area contributed by atoms with Crippen LogP contribution < -0.4 is 0 Å². The summed E-state index contributed by atoms with van der Waals surface area (Å²) in [4.78, 5) is 0. The van der Waals surface area contributed by atoms with E-state index in [1.807, 2.05) is 26.0 Å². The Bertz CT molecular complexity index is 205. The van der Waals surface area contributed by atoms with Gasteiger partial charge < -0.3 is 9.47 Å². The minimum atomic E-state index is -0.516. The molecule has 0 atom stereocenters. The van der Waals surface area contributed by atoms with Crippen molar-refractivity contribution in [2.75, 3.05) is 13.2 Å². The summed E-state index contributed by atoms with van der Waals surface area (Å²) in [5.74, 6) is -0.516. The highest BCUT2D eigenvalue weighted by molar-refractivity contribution is 4.94. The molecule has 0 aromatic rings. The second kappa shape index (κ2) is 6.81. The van der Waals surface area contributed by atoms with Crippen molar-refractivity contribution in [2.45, 2.75) is 47.3 Å². The van der Waals surface area contributed by atoms with Crippen LogP contribution >= 0.6 is 0 Å². The molecule has 0 aliphatic heterocycles. The van der Waals surface area contributed by atoms with Crippen LogP contribution in [-0.4, -0.2) is 19.0 Å². The van der Waals surface area contributed by atoms with Gasteiger partial charge in [0.2, 0.25) is 0 Å². The van der Waals surface area contributed by atoms with Crippen molar-refractivity contribution in [3.05, 3.63) is 23.3 Å². The SMILES string of the molecule is CC(C)=CCOC(C)(C)OCC=C(C)C. The molecule has 0 amide bonds. The molecular formula is C13H24O2. The molecule has 0 aliphatic rings. The second-order valence-corrected chi connectivity index (χ2v) is 4.58. The van der Waals surface area contributed by atoms with Crippen LogP contribution in [0, 0.1) is 0 Å². The molecule has 2 nitrogen and oxygen atoms in total. The highest BCUT2D eigenvalue weighted by Crippen LogP contribution is 2.11. The van der Waals surface area contributed by atoms with E-state index in [1.165, 1.54) is 11.1 Å². The third-order valence-corrected chi connectivity index (χ3v) is 1.85. The van der Waals surface area contributed by atoms with E-state index in [2.05, 4.69) is 27.7 Å². The van der Waals surface area contributed by atoms with Crippen molar-refractivity contribution in [2.24, 2.45) is 0 Å². The maximum atomic E-state index is 5.59. The molecule has 0 fully saturated rings. The molecule has 0 radical (unpaired) electrons. The third-order valence-electron chi connectivity index (χ3n) is 1.85. The molecule has 2 heteroatoms. The second-order valence-electron chi connectivity index (χ2n) is 4.58. The van der Waals surface area contributed by atoms with E-state index in [4.69, 9.17) is 9.47 Å². The van der Waals surface area contributed by atoms with E-state index in [0.717, 1.165) is 0 Å². The van der Waals surface area contributed by atoms with Gasteiger partial charge in [0.1, 0.15) is 0 Å². The van der Waals surface area contributed by atoms with Crippen molar-refractivity contribution < 1.29 is 9.47 Å². The average molecular weight is 212 g/mol. The van der Waals surface area contributed by atoms with Gasteiger partial charge in [-0.2, -0.15) is 0 Å². The average Bonchev–Trinajstić information content (AvgIpc) is 2.01. The number of allylic oxidation sites excluding steroid dienone is 2. The Kier molecular flexibility index (Phi) is 6.53. The Morgan fingerprint density at radius 1 is 0.867 bits per heavy atom. The van der Waals surface area contributed by atoms with Crippen molar-refractivity contribution >= 4 is 0 Å². The number of hydrogen-bond donors (Lipinski definition) is 0. The molecule has 0 rings (SSSR count). The normalized spacial score (nSPS) is 11.1. The van der Waals surface area contributed by atoms with E-state index in [-0.39, 0.29) is 0 Å². The first-order chi connectivity index (χ1) is 6.83. The fraction of sp³-hybridized carbons (Fsp3) is 0.692. The zero-order valence-corrected chi connectivity index (χ0v) is 10.9. The Morgan fingerprint density at radius 3 is 1.47 bits per heavy atom. The van der Waals surface area contributed by atoms with Crippen LogP contribution in [0.4, 0.5) is 0 Å². The summed E-state index contributed by atoms with van der Waals surface area (Å²) in [6.45, 7) is 13.3. The molecule has 15 heavy (non-hydrogen) atoms. The summed E-state index contributed by atoms with van der Waals surface area (Å²) >= 11 is 0. The molecule has 0 heterocycles. The topological polar surface area (TPSA) is 18.5 Å². The van der Waals surface area contributed by atoms with Crippen LogP contribution in [-0.2, 0) is 9.47 Å². The van der Waals surface area contributed by atoms with Gasteiger partial charge in [-0.25, -0.2) is 0 Å². The van der Waals surface area contributed by atoms with E-state index >= 15 is 0 Å². The lowest BCUT2D eigenvalue weighted by Gasteiger charge is -2.24. The van der Waals surface area contributed by atoms with E-state index in [0.29, 0.717) is 13.2 Å². The molecular weight excluding hydrogens is 188 g/mol. The first-order valence-corrected chi connectivity index (χ1v) is 5.38. The highest BCUT2D eigenvalue weighted by atomic mass is 16.7. The summed E-state index contributed by atoms with van der Waals surface area (Å²) in [5, 5.41) is 0. The molecule has 0 unspecified atom stereocenters. The van der Waals surface area contributed by atoms with Crippen LogP contribution in [0.2, 0.25) is 0 Å². The lowest BCUT2D eigenvalue weighted by atomic mass is 10.3. The lowest BCUT2D eigenvalue weighted by molar-refractivity contribution is -0.200. The summed E-state index contributed by atoms with van der Waals surface area (Å²) in [5.41, 5.74) is 2.52. The fourth-order valence-corrected chi connectivity index (χ4v) is 0.860. The molecule has 0 aromatic heterocycles. The molecule has 0 N–H and O–H groups in total. The first kappa shape index (κ1) is 14.4. The molecule has 0 aliphatic carbocycles. The predicted octanol–water partition coefficient (Wildman–Crippen LogP) is 3.69. The summed E-state index contributed by atoms with van der Waals surface area (Å²) < 4.78 is 11.2. The molecule has 0 bridgehead atoms. The van der Waals surface area contributed by atoms with Crippen molar-refractivity contribution in [3.63, 3.8) is 0 Å². The van der Waals surface area contributed by atoms with Gasteiger partial charge in [0, 0.05) is 0 Å². The zero-order valence-electron chi connectivity index (χ0n) is 10.9. The molecule has 0 saturated heterocycles. The van der Waals surface area contributed by atoms with Gasteiger partial charge in [0.05, 0.1) is 13.2 Å². The predicted molar refractivity (Wildman–Crippen MR) is 64.8 cm³/mol. The Morgan fingerprint density at radius 2 is 1.20 bits per heavy atom. The van der Waals surface area contributed by atoms with Crippen LogP contribution in [0.3, 0.4) is 0 Å². The smallest absolute Gasteiger partial charge is 0.163 e. The Hall–Kier alpha value is -0.600. The van der Waals surface area contributed by atoms with Crippen molar-refractivity contribution in [1.82, 2.24) is 0 Å². The minimum absolute atomic E-state index is 0.516. The first-order valence-electron chi connectivity index (χ1n) is 5.38. The molecule has 88 valence electrons. The van der Waals surface area contributed by atoms with Crippen molar-refractivity contribution in [1.29, 1.82) is 0 Å². The molecule has 0 saturated carbocycles. The largest absolute Gasteiger partial charge is 0.346 e. The van der Waals surface area contributed by atoms with Gasteiger partial charge in [0.15, 0.2) is 5.79 Å². The number of rotatable bonds is 6. The van der Waals surface area contributed by atoms with Gasteiger partial charge in [-0.05, 0) is 41.5 Å². The summed E-state index contributed by atoms with van der Waals surface area (Å²) in [6.07, 6.45) is 4.10. The summed E-state index contributed by atoms with van der Waals surface area (Å²) in [7, 11) is 0. The number of ether oxygens (including phenoxy) is 2. The minimum Gasteiger partial charge on any atom is -0.346 e. The van der Waals surface area contributed by atoms with E-state index in [9.17, 15) is 0 Å². The Balaban J connectivity index is 3.86. The Labute approximate surface area is 94.0 Å². The summed E-state index contributed by atoms with van der Waals surface area (Å²) in [6, 6.07) is 0. The van der Waals surface area contributed by atoms with Crippen LogP contribution in [0.25, 0.3) is 0 Å². The maximum absolute atomic E-state index is 5.59. The fourth-order valence-electron chi connectivity index (χ4n) is 0.860. The molecule has 0 aromatic carbocycles. The quantitative estimate of drug-likeness (QED) is 0.494. The number of hydrogen-bond acceptors (Lipinski definition) is 2.